The van der Waals surface area contributed by atoms with Crippen LogP contribution in [-0.2, 0) is 6.54 Å². The normalized spacial score (nSPS) is 13.4. The van der Waals surface area contributed by atoms with Gasteiger partial charge in [0.05, 0.1) is 23.6 Å². The Morgan fingerprint density at radius 2 is 2.29 bits per heavy atom. The molecule has 0 radical (unpaired) electrons. The fraction of sp³-hybridized carbons (Fsp3) is 0.400. The average molecular weight is 190 g/mol. The van der Waals surface area contributed by atoms with Crippen LogP contribution in [0.4, 0.5) is 0 Å². The van der Waals surface area contributed by atoms with Gasteiger partial charge in [0, 0.05) is 18.0 Å². The molecule has 0 aliphatic carbocycles. The quantitative estimate of drug-likeness (QED) is 0.780. The molecule has 2 aromatic rings. The van der Waals surface area contributed by atoms with Crippen LogP contribution in [0.3, 0.4) is 0 Å². The van der Waals surface area contributed by atoms with E-state index in [-0.39, 0.29) is 6.04 Å². The van der Waals surface area contributed by atoms with Gasteiger partial charge in [0.15, 0.2) is 0 Å². The summed E-state index contributed by atoms with van der Waals surface area (Å²) in [4.78, 5) is 4.30. The number of aromatic nitrogens is 3. The lowest BCUT2D eigenvalue weighted by molar-refractivity contribution is 0.682. The molecule has 0 aliphatic heterocycles. The third kappa shape index (κ3) is 1.37. The average Bonchev–Trinajstić information content (AvgIpc) is 2.59. The van der Waals surface area contributed by atoms with E-state index in [2.05, 4.69) is 17.0 Å². The maximum absolute atomic E-state index is 5.75. The van der Waals surface area contributed by atoms with Gasteiger partial charge in [-0.2, -0.15) is 5.10 Å². The predicted molar refractivity (Wildman–Crippen MR) is 55.8 cm³/mol. The van der Waals surface area contributed by atoms with Crippen molar-refractivity contribution in [2.45, 2.75) is 26.4 Å². The molecule has 0 aliphatic rings. The summed E-state index contributed by atoms with van der Waals surface area (Å²) >= 11 is 0. The van der Waals surface area contributed by atoms with Gasteiger partial charge >= 0.3 is 0 Å². The van der Waals surface area contributed by atoms with Crippen LogP contribution in [0.5, 0.6) is 0 Å². The summed E-state index contributed by atoms with van der Waals surface area (Å²) in [7, 11) is 0. The Balaban J connectivity index is 2.57. The number of pyridine rings is 1. The maximum Gasteiger partial charge on any atom is 0.0865 e. The van der Waals surface area contributed by atoms with Crippen LogP contribution in [0.25, 0.3) is 10.9 Å². The Morgan fingerprint density at radius 1 is 1.50 bits per heavy atom. The molecular weight excluding hydrogens is 176 g/mol. The highest BCUT2D eigenvalue weighted by molar-refractivity contribution is 5.78. The van der Waals surface area contributed by atoms with E-state index in [0.29, 0.717) is 0 Å². The summed E-state index contributed by atoms with van der Waals surface area (Å²) in [5.74, 6) is 0. The third-order valence-corrected chi connectivity index (χ3v) is 2.32. The molecule has 2 aromatic heterocycles. The van der Waals surface area contributed by atoms with Crippen molar-refractivity contribution >= 4 is 10.9 Å². The van der Waals surface area contributed by atoms with Gasteiger partial charge < -0.3 is 5.73 Å². The van der Waals surface area contributed by atoms with E-state index in [1.165, 1.54) is 0 Å². The molecule has 0 saturated carbocycles. The summed E-state index contributed by atoms with van der Waals surface area (Å²) in [6.45, 7) is 4.85. The first-order valence-electron chi connectivity index (χ1n) is 4.79. The molecule has 0 bridgehead atoms. The summed E-state index contributed by atoms with van der Waals surface area (Å²) in [6.07, 6.45) is 3.69. The molecule has 0 fully saturated rings. The zero-order chi connectivity index (χ0) is 10.1. The van der Waals surface area contributed by atoms with Crippen molar-refractivity contribution in [2.75, 3.05) is 0 Å². The van der Waals surface area contributed by atoms with Crippen LogP contribution in [0, 0.1) is 0 Å². The van der Waals surface area contributed by atoms with E-state index in [1.54, 1.807) is 0 Å². The highest BCUT2D eigenvalue weighted by Gasteiger charge is 2.05. The molecule has 2 heterocycles. The van der Waals surface area contributed by atoms with Crippen molar-refractivity contribution in [1.82, 2.24) is 14.8 Å². The Kier molecular flexibility index (Phi) is 2.21. The molecule has 2 N–H and O–H groups in total. The Hall–Kier alpha value is -1.42. The molecule has 0 amide bonds. The molecule has 14 heavy (non-hydrogen) atoms. The second-order valence-electron chi connectivity index (χ2n) is 3.42. The molecular formula is C10H14N4. The maximum atomic E-state index is 5.75. The Morgan fingerprint density at radius 3 is 2.93 bits per heavy atom. The number of hydrogen-bond acceptors (Lipinski definition) is 3. The minimum absolute atomic E-state index is 0.0237. The van der Waals surface area contributed by atoms with E-state index >= 15 is 0 Å². The molecule has 0 saturated heterocycles. The van der Waals surface area contributed by atoms with E-state index in [1.807, 2.05) is 30.1 Å². The van der Waals surface area contributed by atoms with Crippen molar-refractivity contribution in [1.29, 1.82) is 0 Å². The summed E-state index contributed by atoms with van der Waals surface area (Å²) in [6, 6.07) is 1.98. The number of aryl methyl sites for hydroxylation is 1. The van der Waals surface area contributed by atoms with Gasteiger partial charge in [-0.1, -0.05) is 0 Å². The smallest absolute Gasteiger partial charge is 0.0865 e. The number of rotatable bonds is 2. The molecule has 1 atom stereocenters. The second kappa shape index (κ2) is 3.38. The van der Waals surface area contributed by atoms with Crippen molar-refractivity contribution in [2.24, 2.45) is 5.73 Å². The number of fused-ring (bicyclic) bond motifs is 1. The molecule has 2 rings (SSSR count). The van der Waals surface area contributed by atoms with Crippen LogP contribution >= 0.6 is 0 Å². The largest absolute Gasteiger partial charge is 0.323 e. The number of nitrogens with two attached hydrogens (primary N) is 1. The van der Waals surface area contributed by atoms with Gasteiger partial charge in [-0.3, -0.25) is 9.67 Å². The molecule has 0 aromatic carbocycles. The lowest BCUT2D eigenvalue weighted by Crippen LogP contribution is -2.07. The lowest BCUT2D eigenvalue weighted by atomic mass is 10.2. The first-order valence-corrected chi connectivity index (χ1v) is 4.79. The Labute approximate surface area is 82.7 Å². The van der Waals surface area contributed by atoms with Crippen molar-refractivity contribution in [3.05, 3.63) is 24.2 Å². The van der Waals surface area contributed by atoms with Gasteiger partial charge in [-0.25, -0.2) is 0 Å². The second-order valence-corrected chi connectivity index (χ2v) is 3.42. The van der Waals surface area contributed by atoms with E-state index in [0.717, 1.165) is 23.1 Å². The van der Waals surface area contributed by atoms with Crippen LogP contribution < -0.4 is 5.73 Å². The van der Waals surface area contributed by atoms with Gasteiger partial charge in [-0.05, 0) is 19.9 Å². The van der Waals surface area contributed by atoms with Crippen LogP contribution in [0.1, 0.15) is 25.6 Å². The monoisotopic (exact) mass is 190 g/mol. The molecule has 4 heteroatoms. The van der Waals surface area contributed by atoms with Crippen molar-refractivity contribution in [3.8, 4) is 0 Å². The van der Waals surface area contributed by atoms with Gasteiger partial charge in [0.2, 0.25) is 0 Å². The van der Waals surface area contributed by atoms with Crippen LogP contribution in [-0.4, -0.2) is 14.8 Å². The summed E-state index contributed by atoms with van der Waals surface area (Å²) in [5, 5.41) is 5.36. The minimum atomic E-state index is -0.0237. The van der Waals surface area contributed by atoms with Crippen LogP contribution in [0.2, 0.25) is 0 Å². The van der Waals surface area contributed by atoms with Crippen LogP contribution in [0.15, 0.2) is 18.5 Å². The van der Waals surface area contributed by atoms with E-state index < -0.39 is 0 Å². The minimum Gasteiger partial charge on any atom is -0.323 e. The first kappa shape index (κ1) is 9.15. The van der Waals surface area contributed by atoms with E-state index in [4.69, 9.17) is 5.73 Å². The van der Waals surface area contributed by atoms with Gasteiger partial charge in [0.25, 0.3) is 0 Å². The SMILES string of the molecule is CCn1ncc2cc([C@@H](C)N)ncc21. The van der Waals surface area contributed by atoms with Gasteiger partial charge in [0.1, 0.15) is 0 Å². The highest BCUT2D eigenvalue weighted by Crippen LogP contribution is 2.16. The fourth-order valence-electron chi connectivity index (χ4n) is 1.49. The fourth-order valence-corrected chi connectivity index (χ4v) is 1.49. The molecule has 4 nitrogen and oxygen atoms in total. The van der Waals surface area contributed by atoms with Crippen molar-refractivity contribution in [3.63, 3.8) is 0 Å². The lowest BCUT2D eigenvalue weighted by Gasteiger charge is -2.04. The van der Waals surface area contributed by atoms with Gasteiger partial charge in [-0.15, -0.1) is 0 Å². The molecule has 74 valence electrons. The standard InChI is InChI=1S/C10H14N4/c1-3-14-10-6-12-9(7(2)11)4-8(10)5-13-14/h4-7H,3,11H2,1-2H3/t7-/m1/s1. The summed E-state index contributed by atoms with van der Waals surface area (Å²) < 4.78 is 1.92. The summed E-state index contributed by atoms with van der Waals surface area (Å²) in [5.41, 5.74) is 7.73. The zero-order valence-corrected chi connectivity index (χ0v) is 8.44. The number of nitrogens with zero attached hydrogens (tertiary/aromatic N) is 3. The topological polar surface area (TPSA) is 56.7 Å². The molecule has 0 unspecified atom stereocenters. The van der Waals surface area contributed by atoms with Crippen molar-refractivity contribution < 1.29 is 0 Å². The first-order chi connectivity index (χ1) is 6.72. The highest BCUT2D eigenvalue weighted by atomic mass is 15.3. The van der Waals surface area contributed by atoms with E-state index in [9.17, 15) is 0 Å². The Bertz CT molecular complexity index is 444. The zero-order valence-electron chi connectivity index (χ0n) is 8.44. The third-order valence-electron chi connectivity index (χ3n) is 2.32. The molecule has 0 spiro atoms. The predicted octanol–water partition coefficient (Wildman–Crippen LogP) is 1.47. The number of hydrogen-bond donors (Lipinski definition) is 1.